The molecule has 1 aromatic rings. The van der Waals surface area contributed by atoms with E-state index in [1.807, 2.05) is 0 Å². The number of hydrogen-bond acceptors (Lipinski definition) is 5. The first-order valence-corrected chi connectivity index (χ1v) is 5.27. The van der Waals surface area contributed by atoms with Crippen molar-refractivity contribution in [2.45, 2.75) is 0 Å². The van der Waals surface area contributed by atoms with Gasteiger partial charge in [-0.15, -0.1) is 4.33 Å². The number of hydrogen-bond donors (Lipinski definition) is 1. The van der Waals surface area contributed by atoms with Gasteiger partial charge in [0.05, 0.1) is 0 Å². The van der Waals surface area contributed by atoms with Gasteiger partial charge in [0, 0.05) is 5.56 Å². The summed E-state index contributed by atoms with van der Waals surface area (Å²) in [5.41, 5.74) is 0.258. The molecule has 0 atom stereocenters. The molecule has 0 bridgehead atoms. The fourth-order valence-electron chi connectivity index (χ4n) is 0.894. The van der Waals surface area contributed by atoms with E-state index in [2.05, 4.69) is 4.33 Å². The average Bonchev–Trinajstić information content (AvgIpc) is 2.19. The molecule has 0 saturated heterocycles. The minimum absolute atomic E-state index is 0. The fraction of sp³-hybridized carbons (Fsp3) is 0.125. The van der Waals surface area contributed by atoms with Crippen LogP contribution in [0.1, 0.15) is 10.4 Å². The van der Waals surface area contributed by atoms with Gasteiger partial charge < -0.3 is 0 Å². The van der Waals surface area contributed by atoms with Crippen LogP contribution in [0.4, 0.5) is 0 Å². The van der Waals surface area contributed by atoms with E-state index in [0.29, 0.717) is 0 Å². The van der Waals surface area contributed by atoms with E-state index < -0.39 is 21.7 Å². The summed E-state index contributed by atoms with van der Waals surface area (Å²) in [4.78, 5) is 11.2. The molecule has 0 saturated carbocycles. The van der Waals surface area contributed by atoms with Crippen LogP contribution in [-0.2, 0) is 14.5 Å². The van der Waals surface area contributed by atoms with Gasteiger partial charge in [0.1, 0.15) is 5.75 Å². The Kier molecular flexibility index (Phi) is 6.26. The fourth-order valence-corrected chi connectivity index (χ4v) is 1.43. The molecular formula is C8H8NaO5S+. The maximum absolute atomic E-state index is 11.2. The number of carbonyl (C=O) groups is 1. The molecule has 0 aliphatic rings. The predicted molar refractivity (Wildman–Crippen MR) is 48.3 cm³/mol. The van der Waals surface area contributed by atoms with Crippen LogP contribution >= 0.6 is 0 Å². The van der Waals surface area contributed by atoms with E-state index in [1.54, 1.807) is 18.2 Å². The van der Waals surface area contributed by atoms with Gasteiger partial charge in [0.25, 0.3) is 0 Å². The van der Waals surface area contributed by atoms with Crippen LogP contribution in [0.15, 0.2) is 30.3 Å². The quantitative estimate of drug-likeness (QED) is 0.276. The molecule has 1 aromatic carbocycles. The zero-order valence-electron chi connectivity index (χ0n) is 8.08. The summed E-state index contributed by atoms with van der Waals surface area (Å²) in [5.74, 6) is -1.49. The maximum atomic E-state index is 11.2. The van der Waals surface area contributed by atoms with E-state index in [1.165, 1.54) is 12.1 Å². The molecule has 0 unspecified atom stereocenters. The van der Waals surface area contributed by atoms with Crippen molar-refractivity contribution in [3.8, 4) is 0 Å². The third kappa shape index (κ3) is 4.87. The monoisotopic (exact) mass is 239 g/mol. The Hall–Kier alpha value is -0.240. The van der Waals surface area contributed by atoms with Crippen molar-refractivity contribution >= 4 is 15.9 Å². The molecule has 0 amide bonds. The third-order valence-corrected chi connectivity index (χ3v) is 2.36. The van der Waals surface area contributed by atoms with Crippen molar-refractivity contribution in [3.05, 3.63) is 35.9 Å². The van der Waals surface area contributed by atoms with Crippen LogP contribution in [0.25, 0.3) is 0 Å². The van der Waals surface area contributed by atoms with Crippen molar-refractivity contribution in [2.75, 3.05) is 5.75 Å². The van der Waals surface area contributed by atoms with Crippen LogP contribution in [-0.4, -0.2) is 25.2 Å². The molecule has 0 aromatic heterocycles. The van der Waals surface area contributed by atoms with Crippen LogP contribution in [0.5, 0.6) is 0 Å². The molecule has 76 valence electrons. The van der Waals surface area contributed by atoms with Gasteiger partial charge >= 0.3 is 39.7 Å². The molecule has 15 heavy (non-hydrogen) atoms. The second-order valence-electron chi connectivity index (χ2n) is 2.57. The first-order chi connectivity index (χ1) is 6.55. The van der Waals surface area contributed by atoms with Crippen LogP contribution in [0.2, 0.25) is 0 Å². The molecule has 0 heterocycles. The molecule has 1 rings (SSSR count). The van der Waals surface area contributed by atoms with E-state index in [-0.39, 0.29) is 35.1 Å². The summed E-state index contributed by atoms with van der Waals surface area (Å²) in [6.45, 7) is 0. The molecular weight excluding hydrogens is 231 g/mol. The number of rotatable bonds is 4. The largest absolute Gasteiger partial charge is 1.00 e. The standard InChI is InChI=1S/C8H8O5S.Na/c9-8(6-14(11,12)13-10)7-4-2-1-3-5-7;/h1-5,10H,6H2;/q;+1. The summed E-state index contributed by atoms with van der Waals surface area (Å²) in [7, 11) is -4.16. The second-order valence-corrected chi connectivity index (χ2v) is 4.12. The van der Waals surface area contributed by atoms with Crippen molar-refractivity contribution in [1.29, 1.82) is 0 Å². The molecule has 0 fully saturated rings. The van der Waals surface area contributed by atoms with Gasteiger partial charge in [0.15, 0.2) is 5.78 Å². The van der Waals surface area contributed by atoms with Crippen molar-refractivity contribution < 1.29 is 52.4 Å². The van der Waals surface area contributed by atoms with E-state index in [4.69, 9.17) is 5.26 Å². The number of ketones is 1. The molecule has 0 spiro atoms. The zero-order chi connectivity index (χ0) is 10.6. The molecule has 1 N–H and O–H groups in total. The van der Waals surface area contributed by atoms with Crippen LogP contribution in [0.3, 0.4) is 0 Å². The summed E-state index contributed by atoms with van der Waals surface area (Å²) in [5, 5.41) is 7.95. The van der Waals surface area contributed by atoms with Crippen molar-refractivity contribution in [3.63, 3.8) is 0 Å². The Bertz CT molecular complexity index is 414. The summed E-state index contributed by atoms with van der Waals surface area (Å²) >= 11 is 0. The van der Waals surface area contributed by atoms with Gasteiger partial charge in [-0.05, 0) is 0 Å². The van der Waals surface area contributed by atoms with Gasteiger partial charge in [-0.25, -0.2) is 5.26 Å². The first-order valence-electron chi connectivity index (χ1n) is 3.69. The van der Waals surface area contributed by atoms with Gasteiger partial charge in [-0.3, -0.25) is 4.79 Å². The number of benzene rings is 1. The minimum atomic E-state index is -4.16. The molecule has 0 aliphatic heterocycles. The number of carbonyl (C=O) groups excluding carboxylic acids is 1. The Balaban J connectivity index is 0.00000196. The maximum Gasteiger partial charge on any atom is 1.00 e. The number of Topliss-reactive ketones (excluding diaryl/α,β-unsaturated/α-hetero) is 1. The van der Waals surface area contributed by atoms with Crippen molar-refractivity contribution in [1.82, 2.24) is 0 Å². The van der Waals surface area contributed by atoms with Crippen molar-refractivity contribution in [2.24, 2.45) is 0 Å². The minimum Gasteiger partial charge on any atom is -0.293 e. The van der Waals surface area contributed by atoms with Gasteiger partial charge in [-0.1, -0.05) is 30.3 Å². The Morgan fingerprint density at radius 2 is 1.80 bits per heavy atom. The van der Waals surface area contributed by atoms with Gasteiger partial charge in [-0.2, -0.15) is 8.42 Å². The Morgan fingerprint density at radius 3 is 2.27 bits per heavy atom. The third-order valence-electron chi connectivity index (χ3n) is 1.52. The van der Waals surface area contributed by atoms with E-state index in [0.717, 1.165) is 0 Å². The molecule has 7 heteroatoms. The molecule has 5 nitrogen and oxygen atoms in total. The summed E-state index contributed by atoms with van der Waals surface area (Å²) in [6, 6.07) is 7.89. The Morgan fingerprint density at radius 1 is 1.27 bits per heavy atom. The van der Waals surface area contributed by atoms with E-state index in [9.17, 15) is 13.2 Å². The topological polar surface area (TPSA) is 80.7 Å². The smallest absolute Gasteiger partial charge is 0.293 e. The van der Waals surface area contributed by atoms with E-state index >= 15 is 0 Å². The average molecular weight is 239 g/mol. The zero-order valence-corrected chi connectivity index (χ0v) is 10.9. The summed E-state index contributed by atoms with van der Waals surface area (Å²) in [6.07, 6.45) is 0. The SMILES string of the molecule is O=C(CS(=O)(=O)OO)c1ccccc1.[Na+]. The molecule has 0 aliphatic carbocycles. The van der Waals surface area contributed by atoms with Crippen LogP contribution < -0.4 is 29.6 Å². The van der Waals surface area contributed by atoms with Crippen LogP contribution in [0, 0.1) is 0 Å². The predicted octanol–water partition coefficient (Wildman–Crippen LogP) is -2.31. The second kappa shape index (κ2) is 6.37. The summed E-state index contributed by atoms with van der Waals surface area (Å²) < 4.78 is 24.6. The molecule has 0 radical (unpaired) electrons. The first kappa shape index (κ1) is 14.8. The Labute approximate surface area is 109 Å². The normalized spacial score (nSPS) is 10.5. The van der Waals surface area contributed by atoms with Gasteiger partial charge in [0.2, 0.25) is 0 Å².